The van der Waals surface area contributed by atoms with Crippen LogP contribution in [-0.4, -0.2) is 66.8 Å². The lowest BCUT2D eigenvalue weighted by molar-refractivity contribution is 0.0524. The molecule has 0 saturated carbocycles. The number of nitrogens with one attached hydrogen (secondary N) is 1. The maximum Gasteiger partial charge on any atom is 0.233 e. The third-order valence-electron chi connectivity index (χ3n) is 7.25. The smallest absolute Gasteiger partial charge is 0.233 e. The van der Waals surface area contributed by atoms with E-state index in [1.54, 1.807) is 4.68 Å². The third kappa shape index (κ3) is 6.59. The SMILES string of the molecule is Cn1cc(-c2ccc(-c3ccc(OC4CC(C)(C)NC(C)(C)C4)nn3)c3c2cnn3COCC[Si](C)(C)C)nn1. The van der Waals surface area contributed by atoms with Crippen LogP contribution in [0, 0.1) is 0 Å². The molecule has 10 nitrogen and oxygen atoms in total. The molecule has 4 heterocycles. The number of benzene rings is 1. The molecule has 0 atom stereocenters. The van der Waals surface area contributed by atoms with Crippen LogP contribution in [0.15, 0.2) is 36.7 Å². The fourth-order valence-electron chi connectivity index (χ4n) is 5.74. The zero-order valence-corrected chi connectivity index (χ0v) is 26.0. The fourth-order valence-corrected chi connectivity index (χ4v) is 6.50. The second-order valence-corrected chi connectivity index (χ2v) is 19.1. The second kappa shape index (κ2) is 10.7. The van der Waals surface area contributed by atoms with Gasteiger partial charge >= 0.3 is 0 Å². The van der Waals surface area contributed by atoms with E-state index >= 15 is 0 Å². The van der Waals surface area contributed by atoms with Crippen LogP contribution in [0.4, 0.5) is 0 Å². The Morgan fingerprint density at radius 1 is 0.950 bits per heavy atom. The lowest BCUT2D eigenvalue weighted by atomic mass is 9.81. The van der Waals surface area contributed by atoms with Crippen LogP contribution in [0.5, 0.6) is 5.88 Å². The van der Waals surface area contributed by atoms with Crippen molar-refractivity contribution in [1.82, 2.24) is 40.3 Å². The Kier molecular flexibility index (Phi) is 7.58. The minimum atomic E-state index is -1.19. The number of hydrogen-bond donors (Lipinski definition) is 1. The monoisotopic (exact) mass is 562 g/mol. The molecule has 214 valence electrons. The van der Waals surface area contributed by atoms with Gasteiger partial charge in [0, 0.05) is 68.2 Å². The molecule has 11 heteroatoms. The van der Waals surface area contributed by atoms with E-state index in [0.29, 0.717) is 19.2 Å². The molecule has 0 unspecified atom stereocenters. The molecule has 1 aliphatic heterocycles. The number of piperidine rings is 1. The zero-order chi connectivity index (χ0) is 28.7. The van der Waals surface area contributed by atoms with Crippen LogP contribution < -0.4 is 10.1 Å². The minimum absolute atomic E-state index is 0.00812. The summed E-state index contributed by atoms with van der Waals surface area (Å²) in [4.78, 5) is 0. The van der Waals surface area contributed by atoms with Gasteiger partial charge in [-0.2, -0.15) is 5.10 Å². The molecule has 0 spiro atoms. The summed E-state index contributed by atoms with van der Waals surface area (Å²) in [6.45, 7) is 17.0. The van der Waals surface area contributed by atoms with Crippen LogP contribution in [0.2, 0.25) is 25.7 Å². The van der Waals surface area contributed by atoms with E-state index in [0.717, 1.165) is 52.3 Å². The lowest BCUT2D eigenvalue weighted by Gasteiger charge is -2.46. The standard InChI is InChI=1S/C29H42N8O2Si/c1-28(2)15-20(16-29(3,4)34-28)39-26-12-11-24(31-33-26)22-10-9-21(25-18-36(5)35-32-25)23-17-30-37(27(22)23)19-38-13-14-40(6,7)8/h9-12,17-18,20,34H,13-16,19H2,1-8H3. The van der Waals surface area contributed by atoms with Crippen LogP contribution in [0.25, 0.3) is 33.4 Å². The van der Waals surface area contributed by atoms with Crippen molar-refractivity contribution in [3.63, 3.8) is 0 Å². The summed E-state index contributed by atoms with van der Waals surface area (Å²) in [5.74, 6) is 0.540. The van der Waals surface area contributed by atoms with Gasteiger partial charge in [0.15, 0.2) is 0 Å². The quantitative estimate of drug-likeness (QED) is 0.217. The van der Waals surface area contributed by atoms with Crippen molar-refractivity contribution >= 4 is 19.0 Å². The van der Waals surface area contributed by atoms with Gasteiger partial charge in [0.1, 0.15) is 18.5 Å². The maximum absolute atomic E-state index is 6.32. The maximum atomic E-state index is 6.32. The first-order valence-corrected chi connectivity index (χ1v) is 17.7. The highest BCUT2D eigenvalue weighted by Crippen LogP contribution is 2.35. The number of ether oxygens (including phenoxy) is 2. The van der Waals surface area contributed by atoms with E-state index in [1.807, 2.05) is 42.3 Å². The van der Waals surface area contributed by atoms with Crippen molar-refractivity contribution in [3.8, 4) is 28.4 Å². The van der Waals surface area contributed by atoms with Gasteiger partial charge < -0.3 is 14.8 Å². The van der Waals surface area contributed by atoms with Gasteiger partial charge in [0.2, 0.25) is 5.88 Å². The number of rotatable bonds is 9. The summed E-state index contributed by atoms with van der Waals surface area (Å²) >= 11 is 0. The minimum Gasteiger partial charge on any atom is -0.473 e. The molecule has 0 amide bonds. The van der Waals surface area contributed by atoms with Gasteiger partial charge in [-0.05, 0) is 45.9 Å². The molecular weight excluding hydrogens is 520 g/mol. The zero-order valence-electron chi connectivity index (χ0n) is 25.0. The van der Waals surface area contributed by atoms with Crippen molar-refractivity contribution in [2.24, 2.45) is 7.05 Å². The second-order valence-electron chi connectivity index (χ2n) is 13.5. The largest absolute Gasteiger partial charge is 0.473 e. The molecule has 0 bridgehead atoms. The predicted molar refractivity (Wildman–Crippen MR) is 160 cm³/mol. The van der Waals surface area contributed by atoms with E-state index in [9.17, 15) is 0 Å². The number of hydrogen-bond acceptors (Lipinski definition) is 8. The molecule has 4 aromatic rings. The highest BCUT2D eigenvalue weighted by Gasteiger charge is 2.39. The number of fused-ring (bicyclic) bond motifs is 1. The summed E-state index contributed by atoms with van der Waals surface area (Å²) in [6.07, 6.45) is 5.66. The van der Waals surface area contributed by atoms with Crippen molar-refractivity contribution < 1.29 is 9.47 Å². The van der Waals surface area contributed by atoms with Crippen molar-refractivity contribution in [2.75, 3.05) is 6.61 Å². The predicted octanol–water partition coefficient (Wildman–Crippen LogP) is 5.29. The van der Waals surface area contributed by atoms with Gasteiger partial charge in [-0.25, -0.2) is 4.68 Å². The molecule has 0 aliphatic carbocycles. The van der Waals surface area contributed by atoms with Crippen LogP contribution in [-0.2, 0) is 18.5 Å². The lowest BCUT2D eigenvalue weighted by Crippen LogP contribution is -2.60. The summed E-state index contributed by atoms with van der Waals surface area (Å²) < 4.78 is 16.0. The molecule has 3 aromatic heterocycles. The van der Waals surface area contributed by atoms with Gasteiger partial charge in [-0.1, -0.05) is 30.9 Å². The van der Waals surface area contributed by atoms with E-state index < -0.39 is 8.07 Å². The average molecular weight is 563 g/mol. The summed E-state index contributed by atoms with van der Waals surface area (Å²) in [7, 11) is 0.673. The van der Waals surface area contributed by atoms with E-state index in [1.165, 1.54) is 0 Å². The van der Waals surface area contributed by atoms with Crippen LogP contribution in [0.3, 0.4) is 0 Å². The summed E-state index contributed by atoms with van der Waals surface area (Å²) in [5.41, 5.74) is 4.35. The van der Waals surface area contributed by atoms with Gasteiger partial charge in [-0.15, -0.1) is 15.3 Å². The van der Waals surface area contributed by atoms with Crippen molar-refractivity contribution in [2.45, 2.75) is 90.1 Å². The Bertz CT molecular complexity index is 1450. The first-order chi connectivity index (χ1) is 18.8. The molecule has 1 fully saturated rings. The summed E-state index contributed by atoms with van der Waals surface area (Å²) in [6, 6.07) is 9.08. The van der Waals surface area contributed by atoms with Crippen LogP contribution in [0.1, 0.15) is 40.5 Å². The normalized spacial score (nSPS) is 17.4. The highest BCUT2D eigenvalue weighted by atomic mass is 28.3. The molecular formula is C29H42N8O2Si. The van der Waals surface area contributed by atoms with Crippen molar-refractivity contribution in [1.29, 1.82) is 0 Å². The Labute approximate surface area is 237 Å². The van der Waals surface area contributed by atoms with Crippen molar-refractivity contribution in [3.05, 3.63) is 36.7 Å². The highest BCUT2D eigenvalue weighted by molar-refractivity contribution is 6.76. The molecule has 0 radical (unpaired) electrons. The number of aromatic nitrogens is 7. The number of aryl methyl sites for hydroxylation is 1. The topological polar surface area (TPSA) is 105 Å². The fraction of sp³-hybridized carbons (Fsp3) is 0.552. The van der Waals surface area contributed by atoms with Gasteiger partial charge in [0.05, 0.1) is 23.6 Å². The summed E-state index contributed by atoms with van der Waals surface area (Å²) in [5, 5.41) is 26.9. The Hall–Kier alpha value is -3.15. The average Bonchev–Trinajstić information content (AvgIpc) is 3.46. The molecule has 5 rings (SSSR count). The molecule has 1 aliphatic rings. The Balaban J connectivity index is 1.44. The van der Waals surface area contributed by atoms with Gasteiger partial charge in [-0.3, -0.25) is 4.68 Å². The van der Waals surface area contributed by atoms with Gasteiger partial charge in [0.25, 0.3) is 0 Å². The molecule has 1 N–H and O–H groups in total. The Morgan fingerprint density at radius 3 is 2.30 bits per heavy atom. The first kappa shape index (κ1) is 28.4. The third-order valence-corrected chi connectivity index (χ3v) is 8.95. The number of nitrogens with zero attached hydrogens (tertiary/aromatic N) is 7. The van der Waals surface area contributed by atoms with E-state index in [2.05, 4.69) is 79.2 Å². The van der Waals surface area contributed by atoms with Crippen LogP contribution >= 0.6 is 0 Å². The first-order valence-electron chi connectivity index (χ1n) is 14.0. The Morgan fingerprint density at radius 2 is 1.68 bits per heavy atom. The molecule has 40 heavy (non-hydrogen) atoms. The van der Waals surface area contributed by atoms with E-state index in [4.69, 9.17) is 14.6 Å². The molecule has 1 saturated heterocycles. The van der Waals surface area contributed by atoms with E-state index in [-0.39, 0.29) is 17.2 Å². The molecule has 1 aromatic carbocycles.